The van der Waals surface area contributed by atoms with Gasteiger partial charge in [0.05, 0.1) is 11.4 Å². The summed E-state index contributed by atoms with van der Waals surface area (Å²) in [5, 5.41) is 15.6. The Morgan fingerprint density at radius 3 is 2.76 bits per heavy atom. The minimum Gasteiger partial charge on any atom is -0.411 e. The second-order valence-electron chi connectivity index (χ2n) is 5.75. The van der Waals surface area contributed by atoms with Gasteiger partial charge in [-0.15, -0.1) is 0 Å². The average molecular weight is 287 g/mol. The molecule has 1 heterocycles. The second kappa shape index (κ2) is 6.16. The fourth-order valence-electron chi connectivity index (χ4n) is 3.24. The molecular formula is C16H21N3O2. The molecule has 1 aliphatic heterocycles. The van der Waals surface area contributed by atoms with E-state index in [4.69, 9.17) is 5.21 Å². The third-order valence-electron chi connectivity index (χ3n) is 4.38. The van der Waals surface area contributed by atoms with Crippen molar-refractivity contribution in [2.75, 3.05) is 11.4 Å². The van der Waals surface area contributed by atoms with Gasteiger partial charge in [-0.3, -0.25) is 4.90 Å². The molecule has 3 rings (SSSR count). The molecule has 2 N–H and O–H groups in total. The van der Waals surface area contributed by atoms with E-state index in [1.807, 2.05) is 24.3 Å². The van der Waals surface area contributed by atoms with Gasteiger partial charge in [0.1, 0.15) is 0 Å². The number of carbonyl (C=O) groups is 1. The largest absolute Gasteiger partial charge is 0.411 e. The Labute approximate surface area is 124 Å². The number of fused-ring (bicyclic) bond motifs is 1. The molecule has 1 aromatic rings. The summed E-state index contributed by atoms with van der Waals surface area (Å²) in [6.45, 7) is 0.551. The van der Waals surface area contributed by atoms with Gasteiger partial charge in [-0.05, 0) is 18.9 Å². The van der Waals surface area contributed by atoms with Crippen LogP contribution in [-0.4, -0.2) is 29.5 Å². The maximum absolute atomic E-state index is 12.5. The third-order valence-corrected chi connectivity index (χ3v) is 4.38. The molecule has 0 unspecified atom stereocenters. The van der Waals surface area contributed by atoms with E-state index in [1.54, 1.807) is 4.90 Å². The minimum absolute atomic E-state index is 0.0358. The van der Waals surface area contributed by atoms with Crippen molar-refractivity contribution in [3.8, 4) is 0 Å². The molecule has 21 heavy (non-hydrogen) atoms. The number of urea groups is 1. The molecule has 1 saturated carbocycles. The number of rotatable bonds is 1. The highest BCUT2D eigenvalue weighted by molar-refractivity contribution is 6.10. The van der Waals surface area contributed by atoms with Crippen LogP contribution in [0.2, 0.25) is 0 Å². The molecule has 0 bridgehead atoms. The Balaban J connectivity index is 1.77. The highest BCUT2D eigenvalue weighted by Gasteiger charge is 2.27. The third kappa shape index (κ3) is 2.86. The molecule has 5 nitrogen and oxygen atoms in total. The Morgan fingerprint density at radius 2 is 2.00 bits per heavy atom. The van der Waals surface area contributed by atoms with Gasteiger partial charge in [0.25, 0.3) is 0 Å². The second-order valence-corrected chi connectivity index (χ2v) is 5.75. The zero-order chi connectivity index (χ0) is 14.7. The molecule has 0 spiro atoms. The minimum atomic E-state index is -0.0358. The Kier molecular flexibility index (Phi) is 4.08. The molecule has 1 fully saturated rings. The lowest BCUT2D eigenvalue weighted by Crippen LogP contribution is -2.48. The van der Waals surface area contributed by atoms with Gasteiger partial charge < -0.3 is 10.5 Å². The monoisotopic (exact) mass is 287 g/mol. The maximum atomic E-state index is 12.5. The van der Waals surface area contributed by atoms with Crippen molar-refractivity contribution >= 4 is 17.4 Å². The first kappa shape index (κ1) is 13.9. The van der Waals surface area contributed by atoms with Crippen LogP contribution in [0, 0.1) is 0 Å². The molecule has 0 radical (unpaired) electrons. The summed E-state index contributed by atoms with van der Waals surface area (Å²) in [5.74, 6) is 0. The standard InChI is InChI=1S/C16H21N3O2/c20-16(17-12-6-2-1-3-7-12)19-11-10-14(18-21)13-8-4-5-9-15(13)19/h4-5,8-9,12,21H,1-3,6-7,10-11H2,(H,17,20). The number of anilines is 1. The smallest absolute Gasteiger partial charge is 0.322 e. The number of hydrogen-bond acceptors (Lipinski definition) is 3. The fraction of sp³-hybridized carbons (Fsp3) is 0.500. The first-order chi connectivity index (χ1) is 10.3. The fourth-order valence-corrected chi connectivity index (χ4v) is 3.24. The van der Waals surface area contributed by atoms with Crippen LogP contribution < -0.4 is 10.2 Å². The molecule has 112 valence electrons. The molecule has 2 aliphatic rings. The highest BCUT2D eigenvalue weighted by atomic mass is 16.4. The number of carbonyl (C=O) groups excluding carboxylic acids is 1. The quantitative estimate of drug-likeness (QED) is 0.615. The summed E-state index contributed by atoms with van der Waals surface area (Å²) in [6.07, 6.45) is 6.39. The lowest BCUT2D eigenvalue weighted by molar-refractivity contribution is 0.238. The lowest BCUT2D eigenvalue weighted by Gasteiger charge is -2.32. The lowest BCUT2D eigenvalue weighted by atomic mass is 9.95. The van der Waals surface area contributed by atoms with Gasteiger partial charge in [0, 0.05) is 24.6 Å². The zero-order valence-corrected chi connectivity index (χ0v) is 12.1. The van der Waals surface area contributed by atoms with Crippen molar-refractivity contribution in [3.05, 3.63) is 29.8 Å². The number of oxime groups is 1. The normalized spacial score (nSPS) is 21.1. The summed E-state index contributed by atoms with van der Waals surface area (Å²) >= 11 is 0. The van der Waals surface area contributed by atoms with Crippen LogP contribution in [-0.2, 0) is 0 Å². The summed E-state index contributed by atoms with van der Waals surface area (Å²) < 4.78 is 0. The van der Waals surface area contributed by atoms with Gasteiger partial charge in [0.2, 0.25) is 0 Å². The van der Waals surface area contributed by atoms with Crippen LogP contribution >= 0.6 is 0 Å². The summed E-state index contributed by atoms with van der Waals surface area (Å²) in [7, 11) is 0. The van der Waals surface area contributed by atoms with Gasteiger partial charge in [0.15, 0.2) is 0 Å². The zero-order valence-electron chi connectivity index (χ0n) is 12.1. The van der Waals surface area contributed by atoms with E-state index in [1.165, 1.54) is 19.3 Å². The Bertz CT molecular complexity index is 550. The Hall–Kier alpha value is -2.04. The number of nitrogens with zero attached hydrogens (tertiary/aromatic N) is 2. The van der Waals surface area contributed by atoms with E-state index in [-0.39, 0.29) is 6.03 Å². The predicted molar refractivity (Wildman–Crippen MR) is 82.1 cm³/mol. The molecule has 2 amide bonds. The van der Waals surface area contributed by atoms with E-state index in [0.29, 0.717) is 24.7 Å². The Morgan fingerprint density at radius 1 is 1.24 bits per heavy atom. The molecule has 1 aromatic carbocycles. The van der Waals surface area contributed by atoms with Crippen molar-refractivity contribution < 1.29 is 10.0 Å². The van der Waals surface area contributed by atoms with Crippen molar-refractivity contribution in [2.24, 2.45) is 5.16 Å². The molecule has 5 heteroatoms. The van der Waals surface area contributed by atoms with E-state index >= 15 is 0 Å². The first-order valence-corrected chi connectivity index (χ1v) is 7.68. The number of benzene rings is 1. The van der Waals surface area contributed by atoms with Crippen molar-refractivity contribution in [1.82, 2.24) is 5.32 Å². The van der Waals surface area contributed by atoms with Crippen LogP contribution in [0.1, 0.15) is 44.1 Å². The predicted octanol–water partition coefficient (Wildman–Crippen LogP) is 3.12. The van der Waals surface area contributed by atoms with E-state index < -0.39 is 0 Å². The highest BCUT2D eigenvalue weighted by Crippen LogP contribution is 2.27. The molecule has 0 saturated heterocycles. The van der Waals surface area contributed by atoms with Crippen molar-refractivity contribution in [2.45, 2.75) is 44.6 Å². The molecule has 1 aliphatic carbocycles. The van der Waals surface area contributed by atoms with Crippen LogP contribution in [0.3, 0.4) is 0 Å². The van der Waals surface area contributed by atoms with Gasteiger partial charge in [-0.2, -0.15) is 0 Å². The van der Waals surface area contributed by atoms with Crippen LogP contribution in [0.5, 0.6) is 0 Å². The summed E-state index contributed by atoms with van der Waals surface area (Å²) in [4.78, 5) is 14.3. The average Bonchev–Trinajstić information content (AvgIpc) is 2.54. The number of hydrogen-bond donors (Lipinski definition) is 2. The molecular weight excluding hydrogens is 266 g/mol. The van der Waals surface area contributed by atoms with E-state index in [2.05, 4.69) is 10.5 Å². The van der Waals surface area contributed by atoms with Crippen LogP contribution in [0.25, 0.3) is 0 Å². The summed E-state index contributed by atoms with van der Waals surface area (Å²) in [5.41, 5.74) is 2.31. The van der Waals surface area contributed by atoms with Crippen LogP contribution in [0.15, 0.2) is 29.4 Å². The van der Waals surface area contributed by atoms with Gasteiger partial charge in [-0.1, -0.05) is 42.6 Å². The number of amides is 2. The topological polar surface area (TPSA) is 64.9 Å². The number of nitrogens with one attached hydrogen (secondary N) is 1. The maximum Gasteiger partial charge on any atom is 0.322 e. The van der Waals surface area contributed by atoms with Gasteiger partial charge >= 0.3 is 6.03 Å². The molecule has 0 atom stereocenters. The van der Waals surface area contributed by atoms with Crippen LogP contribution in [0.4, 0.5) is 10.5 Å². The molecule has 0 aromatic heterocycles. The SMILES string of the molecule is O=C(NC1CCCCC1)N1CCC(=NO)c2ccccc21. The van der Waals surface area contributed by atoms with Gasteiger partial charge in [-0.25, -0.2) is 4.79 Å². The van der Waals surface area contributed by atoms with Crippen molar-refractivity contribution in [3.63, 3.8) is 0 Å². The van der Waals surface area contributed by atoms with E-state index in [9.17, 15) is 4.79 Å². The summed E-state index contributed by atoms with van der Waals surface area (Å²) in [6, 6.07) is 7.86. The van der Waals surface area contributed by atoms with E-state index in [0.717, 1.165) is 24.1 Å². The number of para-hydroxylation sites is 1. The first-order valence-electron chi connectivity index (χ1n) is 7.68. The van der Waals surface area contributed by atoms with Crippen molar-refractivity contribution in [1.29, 1.82) is 0 Å².